The topological polar surface area (TPSA) is 78.0 Å². The molecule has 0 fully saturated rings. The van der Waals surface area contributed by atoms with Gasteiger partial charge in [0.15, 0.2) is 5.82 Å². The van der Waals surface area contributed by atoms with Crippen LogP contribution in [0.1, 0.15) is 22.9 Å². The summed E-state index contributed by atoms with van der Waals surface area (Å²) < 4.78 is 9.48. The Labute approximate surface area is 202 Å². The van der Waals surface area contributed by atoms with E-state index in [1.54, 1.807) is 19.6 Å². The Hall–Kier alpha value is -3.68. The van der Waals surface area contributed by atoms with E-state index in [-0.39, 0.29) is 12.6 Å². The maximum Gasteiger partial charge on any atom is 0.165 e. The quantitative estimate of drug-likeness (QED) is 0.371. The lowest BCUT2D eigenvalue weighted by Crippen LogP contribution is -2.17. The second-order valence-corrected chi connectivity index (χ2v) is 8.71. The summed E-state index contributed by atoms with van der Waals surface area (Å²) in [7, 11) is 1.64. The van der Waals surface area contributed by atoms with Crippen LogP contribution in [0.15, 0.2) is 67.3 Å². The van der Waals surface area contributed by atoms with Crippen molar-refractivity contribution in [2.24, 2.45) is 0 Å². The fourth-order valence-electron chi connectivity index (χ4n) is 4.19. The second kappa shape index (κ2) is 8.93. The van der Waals surface area contributed by atoms with Crippen LogP contribution in [0.2, 0.25) is 5.02 Å². The zero-order chi connectivity index (χ0) is 23.8. The lowest BCUT2D eigenvalue weighted by molar-refractivity contribution is 0.249. The van der Waals surface area contributed by atoms with Gasteiger partial charge in [-0.15, -0.1) is 10.2 Å². The van der Waals surface area contributed by atoms with Crippen molar-refractivity contribution in [1.82, 2.24) is 24.3 Å². The number of hydrogen-bond acceptors (Lipinski definition) is 5. The number of fused-ring (bicyclic) bond motifs is 1. The summed E-state index contributed by atoms with van der Waals surface area (Å²) in [5.74, 6) is 1.33. The summed E-state index contributed by atoms with van der Waals surface area (Å²) >= 11 is 6.53. The molecule has 1 aromatic heterocycles. The molecule has 0 unspecified atom stereocenters. The summed E-state index contributed by atoms with van der Waals surface area (Å²) in [5.41, 5.74) is 6.26. The Morgan fingerprint density at radius 1 is 1.03 bits per heavy atom. The first-order valence-corrected chi connectivity index (χ1v) is 11.3. The van der Waals surface area contributed by atoms with Gasteiger partial charge < -0.3 is 19.0 Å². The van der Waals surface area contributed by atoms with Gasteiger partial charge in [0.05, 0.1) is 42.5 Å². The molecule has 8 heteroatoms. The number of aromatic nitrogens is 5. The zero-order valence-corrected chi connectivity index (χ0v) is 19.9. The highest BCUT2D eigenvalue weighted by Gasteiger charge is 2.24. The largest absolute Gasteiger partial charge is 0.495 e. The number of methoxy groups -OCH3 is 1. The number of imidazole rings is 1. The fourth-order valence-corrected chi connectivity index (χ4v) is 4.40. The highest BCUT2D eigenvalue weighted by molar-refractivity contribution is 6.30. The van der Waals surface area contributed by atoms with E-state index in [2.05, 4.69) is 15.2 Å². The highest BCUT2D eigenvalue weighted by atomic mass is 35.5. The van der Waals surface area contributed by atoms with E-state index in [4.69, 9.17) is 16.3 Å². The fraction of sp³-hybridized carbons (Fsp3) is 0.192. The SMILES string of the molecule is COc1cc(-c2nnc3n([C@H](CO)c4ccc(C)cc4)cc(Cl)cc2-3)ccc1-n1cnc(C)c1. The van der Waals surface area contributed by atoms with E-state index in [0.29, 0.717) is 22.3 Å². The van der Waals surface area contributed by atoms with Gasteiger partial charge in [-0.2, -0.15) is 0 Å². The Morgan fingerprint density at radius 2 is 1.82 bits per heavy atom. The average molecular weight is 474 g/mol. The Morgan fingerprint density at radius 3 is 2.50 bits per heavy atom. The number of rotatable bonds is 6. The summed E-state index contributed by atoms with van der Waals surface area (Å²) in [6.45, 7) is 3.88. The van der Waals surface area contributed by atoms with Gasteiger partial charge in [-0.25, -0.2) is 4.98 Å². The van der Waals surface area contributed by atoms with Crippen LogP contribution in [0, 0.1) is 13.8 Å². The van der Waals surface area contributed by atoms with Crippen LogP contribution in [-0.2, 0) is 0 Å². The van der Waals surface area contributed by atoms with Crippen LogP contribution in [-0.4, -0.2) is 43.1 Å². The minimum Gasteiger partial charge on any atom is -0.495 e. The monoisotopic (exact) mass is 473 g/mol. The molecule has 5 rings (SSSR count). The van der Waals surface area contributed by atoms with E-state index in [0.717, 1.165) is 33.6 Å². The number of nitrogens with zero attached hydrogens (tertiary/aromatic N) is 5. The number of halogens is 1. The molecule has 0 bridgehead atoms. The molecule has 2 aromatic carbocycles. The average Bonchev–Trinajstić information content (AvgIpc) is 3.46. The minimum absolute atomic E-state index is 0.0990. The normalized spacial score (nSPS) is 12.3. The molecule has 1 N–H and O–H groups in total. The van der Waals surface area contributed by atoms with Crippen LogP contribution >= 0.6 is 11.6 Å². The minimum atomic E-state index is -0.340. The van der Waals surface area contributed by atoms with Gasteiger partial charge in [0.2, 0.25) is 0 Å². The number of aryl methyl sites for hydroxylation is 2. The molecule has 0 radical (unpaired) electrons. The molecule has 0 saturated carbocycles. The summed E-state index contributed by atoms with van der Waals surface area (Å²) in [6.07, 6.45) is 5.49. The maximum absolute atomic E-state index is 10.2. The lowest BCUT2D eigenvalue weighted by Gasteiger charge is -2.22. The van der Waals surface area contributed by atoms with Gasteiger partial charge in [0.1, 0.15) is 11.4 Å². The van der Waals surface area contributed by atoms with Crippen molar-refractivity contribution in [3.63, 3.8) is 0 Å². The third-order valence-electron chi connectivity index (χ3n) is 5.94. The van der Waals surface area contributed by atoms with E-state index >= 15 is 0 Å². The van der Waals surface area contributed by atoms with Crippen molar-refractivity contribution in [3.05, 3.63) is 89.1 Å². The third kappa shape index (κ3) is 3.93. The van der Waals surface area contributed by atoms with Gasteiger partial charge >= 0.3 is 0 Å². The molecule has 34 heavy (non-hydrogen) atoms. The van der Waals surface area contributed by atoms with Crippen LogP contribution < -0.4 is 4.74 Å². The smallest absolute Gasteiger partial charge is 0.165 e. The predicted molar refractivity (Wildman–Crippen MR) is 132 cm³/mol. The number of pyridine rings is 1. The third-order valence-corrected chi connectivity index (χ3v) is 6.15. The Balaban J connectivity index is 1.58. The zero-order valence-electron chi connectivity index (χ0n) is 19.1. The summed E-state index contributed by atoms with van der Waals surface area (Å²) in [4.78, 5) is 4.30. The summed E-state index contributed by atoms with van der Waals surface area (Å²) in [5, 5.41) is 19.7. The molecule has 0 saturated heterocycles. The summed E-state index contributed by atoms with van der Waals surface area (Å²) in [6, 6.07) is 15.5. The van der Waals surface area contributed by atoms with Crippen molar-refractivity contribution in [2.75, 3.05) is 13.7 Å². The van der Waals surface area contributed by atoms with Crippen LogP contribution in [0.3, 0.4) is 0 Å². The first-order valence-electron chi connectivity index (χ1n) is 10.9. The van der Waals surface area contributed by atoms with Crippen LogP contribution in [0.25, 0.3) is 28.3 Å². The van der Waals surface area contributed by atoms with Gasteiger partial charge in [-0.3, -0.25) is 0 Å². The first kappa shape index (κ1) is 22.1. The van der Waals surface area contributed by atoms with Gasteiger partial charge in [-0.1, -0.05) is 47.5 Å². The van der Waals surface area contributed by atoms with Crippen molar-refractivity contribution in [3.8, 4) is 34.1 Å². The molecule has 3 heterocycles. The van der Waals surface area contributed by atoms with Gasteiger partial charge in [0, 0.05) is 23.5 Å². The molecule has 0 amide bonds. The standard InChI is InChI=1S/C26H24ClN5O2/c1-16-4-6-18(7-5-16)23(14-33)32-13-20(27)11-21-25(29-30-26(21)32)19-8-9-22(24(10-19)34-3)31-12-17(2)28-15-31/h4-13,15,23,33H,14H2,1-3H3/t23-/m1/s1. The highest BCUT2D eigenvalue weighted by Crippen LogP contribution is 2.38. The van der Waals surface area contributed by atoms with Gasteiger partial charge in [0.25, 0.3) is 0 Å². The van der Waals surface area contributed by atoms with Crippen LogP contribution in [0.4, 0.5) is 0 Å². The molecule has 172 valence electrons. The molecular weight excluding hydrogens is 450 g/mol. The van der Waals surface area contributed by atoms with Crippen molar-refractivity contribution >= 4 is 11.6 Å². The second-order valence-electron chi connectivity index (χ2n) is 8.27. The van der Waals surface area contributed by atoms with E-state index < -0.39 is 0 Å². The van der Waals surface area contributed by atoms with Crippen molar-refractivity contribution < 1.29 is 9.84 Å². The number of aliphatic hydroxyl groups excluding tert-OH is 1. The Bertz CT molecular complexity index is 1420. The maximum atomic E-state index is 10.2. The number of aliphatic hydroxyl groups is 1. The molecule has 2 aliphatic rings. The van der Waals surface area contributed by atoms with Gasteiger partial charge in [-0.05, 0) is 37.6 Å². The first-order chi connectivity index (χ1) is 16.5. The molecule has 0 spiro atoms. The predicted octanol–water partition coefficient (Wildman–Crippen LogP) is 5.10. The molecule has 7 nitrogen and oxygen atoms in total. The Kier molecular flexibility index (Phi) is 5.81. The van der Waals surface area contributed by atoms with Crippen molar-refractivity contribution in [1.29, 1.82) is 0 Å². The molecule has 1 atom stereocenters. The number of hydrogen-bond donors (Lipinski definition) is 1. The molecular formula is C26H24ClN5O2. The van der Waals surface area contributed by atoms with Crippen molar-refractivity contribution in [2.45, 2.75) is 19.9 Å². The lowest BCUT2D eigenvalue weighted by atomic mass is 10.0. The van der Waals surface area contributed by atoms with E-state index in [1.807, 2.05) is 77.7 Å². The van der Waals surface area contributed by atoms with E-state index in [1.165, 1.54) is 0 Å². The molecule has 0 aliphatic carbocycles. The van der Waals surface area contributed by atoms with E-state index in [9.17, 15) is 5.11 Å². The van der Waals surface area contributed by atoms with Crippen LogP contribution in [0.5, 0.6) is 5.75 Å². The molecule has 2 aliphatic heterocycles. The number of ether oxygens (including phenoxy) is 1. The molecule has 3 aromatic rings. The number of benzene rings is 2.